The number of hydrogen-bond acceptors (Lipinski definition) is 4. The molecule has 4 heteroatoms. The highest BCUT2D eigenvalue weighted by atomic mass is 16.5. The smallest absolute Gasteiger partial charge is 0.191 e. The van der Waals surface area contributed by atoms with E-state index in [0.29, 0.717) is 18.0 Å². The van der Waals surface area contributed by atoms with Crippen LogP contribution in [0.1, 0.15) is 20.3 Å². The first-order valence-corrected chi connectivity index (χ1v) is 5.41. The summed E-state index contributed by atoms with van der Waals surface area (Å²) >= 11 is 0. The van der Waals surface area contributed by atoms with Gasteiger partial charge < -0.3 is 15.4 Å². The summed E-state index contributed by atoms with van der Waals surface area (Å²) < 4.78 is 5.36. The molecule has 14 heavy (non-hydrogen) atoms. The fourth-order valence-corrected chi connectivity index (χ4v) is 1.92. The molecular weight excluding hydrogens is 178 g/mol. The third-order valence-corrected chi connectivity index (χ3v) is 2.94. The molecule has 2 aliphatic rings. The van der Waals surface area contributed by atoms with E-state index in [1.807, 2.05) is 0 Å². The Balaban J connectivity index is 1.79. The van der Waals surface area contributed by atoms with Crippen molar-refractivity contribution >= 4 is 5.96 Å². The summed E-state index contributed by atoms with van der Waals surface area (Å²) in [5.41, 5.74) is 0. The van der Waals surface area contributed by atoms with Gasteiger partial charge in [0.05, 0.1) is 13.2 Å². The fraction of sp³-hybridized carbons (Fsp3) is 0.900. The third kappa shape index (κ3) is 2.18. The summed E-state index contributed by atoms with van der Waals surface area (Å²) in [7, 11) is 0. The largest absolute Gasteiger partial charge is 0.381 e. The average Bonchev–Trinajstić information content (AvgIpc) is 2.75. The van der Waals surface area contributed by atoms with Crippen LogP contribution in [-0.2, 0) is 4.74 Å². The van der Waals surface area contributed by atoms with E-state index in [1.165, 1.54) is 0 Å². The van der Waals surface area contributed by atoms with Crippen LogP contribution < -0.4 is 10.6 Å². The first kappa shape index (κ1) is 9.77. The second-order valence-corrected chi connectivity index (χ2v) is 4.29. The van der Waals surface area contributed by atoms with E-state index in [-0.39, 0.29) is 0 Å². The van der Waals surface area contributed by atoms with Crippen molar-refractivity contribution in [2.24, 2.45) is 10.9 Å². The molecule has 1 saturated heterocycles. The maximum atomic E-state index is 5.36. The number of rotatable bonds is 2. The molecule has 0 bridgehead atoms. The van der Waals surface area contributed by atoms with Gasteiger partial charge in [0, 0.05) is 24.6 Å². The minimum Gasteiger partial charge on any atom is -0.381 e. The van der Waals surface area contributed by atoms with Crippen LogP contribution in [0.3, 0.4) is 0 Å². The van der Waals surface area contributed by atoms with Crippen LogP contribution in [0, 0.1) is 5.92 Å². The van der Waals surface area contributed by atoms with Crippen molar-refractivity contribution in [2.75, 3.05) is 19.8 Å². The molecule has 0 aromatic heterocycles. The zero-order valence-electron chi connectivity index (χ0n) is 8.92. The summed E-state index contributed by atoms with van der Waals surface area (Å²) in [5, 5.41) is 6.72. The van der Waals surface area contributed by atoms with Crippen LogP contribution in [0.15, 0.2) is 4.99 Å². The molecule has 0 spiro atoms. The molecule has 0 saturated carbocycles. The van der Waals surface area contributed by atoms with Crippen molar-refractivity contribution < 1.29 is 4.74 Å². The molecule has 0 aliphatic carbocycles. The van der Waals surface area contributed by atoms with Crippen LogP contribution in [-0.4, -0.2) is 37.8 Å². The van der Waals surface area contributed by atoms with Gasteiger partial charge in [0.2, 0.25) is 0 Å². The quantitative estimate of drug-likeness (QED) is 0.671. The van der Waals surface area contributed by atoms with E-state index in [4.69, 9.17) is 4.74 Å². The lowest BCUT2D eigenvalue weighted by Gasteiger charge is -2.20. The van der Waals surface area contributed by atoms with Gasteiger partial charge in [-0.15, -0.1) is 0 Å². The Kier molecular flexibility index (Phi) is 2.91. The summed E-state index contributed by atoms with van der Waals surface area (Å²) in [6.45, 7) is 7.02. The molecule has 3 unspecified atom stereocenters. The number of guanidine groups is 1. The Hall–Kier alpha value is -0.770. The van der Waals surface area contributed by atoms with Crippen LogP contribution in [0.2, 0.25) is 0 Å². The monoisotopic (exact) mass is 197 g/mol. The van der Waals surface area contributed by atoms with Gasteiger partial charge in [-0.3, -0.25) is 4.99 Å². The molecule has 4 nitrogen and oxygen atoms in total. The molecule has 80 valence electrons. The van der Waals surface area contributed by atoms with E-state index < -0.39 is 0 Å². The number of ether oxygens (including phenoxy) is 1. The van der Waals surface area contributed by atoms with Gasteiger partial charge >= 0.3 is 0 Å². The molecule has 0 radical (unpaired) electrons. The molecule has 0 aromatic carbocycles. The van der Waals surface area contributed by atoms with Crippen LogP contribution in [0.5, 0.6) is 0 Å². The molecular formula is C10H19N3O. The van der Waals surface area contributed by atoms with Crippen molar-refractivity contribution in [1.29, 1.82) is 0 Å². The number of nitrogens with zero attached hydrogens (tertiary/aromatic N) is 1. The Labute approximate surface area is 85.1 Å². The first-order chi connectivity index (χ1) is 6.75. The van der Waals surface area contributed by atoms with Gasteiger partial charge in [-0.2, -0.15) is 0 Å². The minimum atomic E-state index is 0.453. The Morgan fingerprint density at radius 1 is 1.64 bits per heavy atom. The maximum absolute atomic E-state index is 5.36. The lowest BCUT2D eigenvalue weighted by Crippen LogP contribution is -2.45. The van der Waals surface area contributed by atoms with Gasteiger partial charge in [0.1, 0.15) is 0 Å². The average molecular weight is 197 g/mol. The van der Waals surface area contributed by atoms with Gasteiger partial charge in [0.15, 0.2) is 5.96 Å². The van der Waals surface area contributed by atoms with E-state index >= 15 is 0 Å². The Morgan fingerprint density at radius 3 is 3.07 bits per heavy atom. The van der Waals surface area contributed by atoms with Crippen LogP contribution in [0.4, 0.5) is 0 Å². The zero-order valence-corrected chi connectivity index (χ0v) is 8.92. The first-order valence-electron chi connectivity index (χ1n) is 5.41. The molecule has 2 aliphatic heterocycles. The van der Waals surface area contributed by atoms with E-state index in [1.54, 1.807) is 0 Å². The van der Waals surface area contributed by atoms with Gasteiger partial charge in [-0.25, -0.2) is 0 Å². The Bertz CT molecular complexity index is 223. The van der Waals surface area contributed by atoms with E-state index in [2.05, 4.69) is 29.5 Å². The molecule has 0 aromatic rings. The van der Waals surface area contributed by atoms with Gasteiger partial charge in [-0.05, 0) is 20.3 Å². The zero-order chi connectivity index (χ0) is 9.97. The highest BCUT2D eigenvalue weighted by Crippen LogP contribution is 2.16. The predicted octanol–water partition coefficient (Wildman–Crippen LogP) is 0.349. The molecule has 0 amide bonds. The highest BCUT2D eigenvalue weighted by molar-refractivity contribution is 5.81. The van der Waals surface area contributed by atoms with E-state index in [0.717, 1.165) is 32.1 Å². The summed E-state index contributed by atoms with van der Waals surface area (Å²) in [6, 6.07) is 0.929. The van der Waals surface area contributed by atoms with Crippen molar-refractivity contribution in [3.63, 3.8) is 0 Å². The van der Waals surface area contributed by atoms with Gasteiger partial charge in [0.25, 0.3) is 0 Å². The van der Waals surface area contributed by atoms with Crippen molar-refractivity contribution in [3.05, 3.63) is 0 Å². The Morgan fingerprint density at radius 2 is 2.50 bits per heavy atom. The normalized spacial score (nSPS) is 33.7. The molecule has 2 N–H and O–H groups in total. The van der Waals surface area contributed by atoms with Crippen LogP contribution >= 0.6 is 0 Å². The van der Waals surface area contributed by atoms with Crippen molar-refractivity contribution in [3.8, 4) is 0 Å². The summed E-state index contributed by atoms with van der Waals surface area (Å²) in [4.78, 5) is 4.38. The lowest BCUT2D eigenvalue weighted by atomic mass is 10.0. The molecule has 2 heterocycles. The second-order valence-electron chi connectivity index (χ2n) is 4.29. The SMILES string of the molecule is CC1CN=C(NC(C)C2CCOC2)N1. The van der Waals surface area contributed by atoms with Crippen LogP contribution in [0.25, 0.3) is 0 Å². The topological polar surface area (TPSA) is 45.7 Å². The third-order valence-electron chi connectivity index (χ3n) is 2.94. The standard InChI is InChI=1S/C10H19N3O/c1-7-5-11-10(12-7)13-8(2)9-3-4-14-6-9/h7-9H,3-6H2,1-2H3,(H2,11,12,13). The number of hydrogen-bond donors (Lipinski definition) is 2. The van der Waals surface area contributed by atoms with Gasteiger partial charge in [-0.1, -0.05) is 0 Å². The summed E-state index contributed by atoms with van der Waals surface area (Å²) in [6.07, 6.45) is 1.16. The molecule has 1 fully saturated rings. The number of aliphatic imine (C=N–C) groups is 1. The van der Waals surface area contributed by atoms with E-state index in [9.17, 15) is 0 Å². The number of nitrogens with one attached hydrogen (secondary N) is 2. The lowest BCUT2D eigenvalue weighted by molar-refractivity contribution is 0.180. The molecule has 3 atom stereocenters. The predicted molar refractivity (Wildman–Crippen MR) is 56.4 cm³/mol. The second kappa shape index (κ2) is 4.17. The van der Waals surface area contributed by atoms with Crippen molar-refractivity contribution in [2.45, 2.75) is 32.4 Å². The van der Waals surface area contributed by atoms with Crippen molar-refractivity contribution in [1.82, 2.24) is 10.6 Å². The minimum absolute atomic E-state index is 0.453. The summed E-state index contributed by atoms with van der Waals surface area (Å²) in [5.74, 6) is 1.59. The maximum Gasteiger partial charge on any atom is 0.191 e. The highest BCUT2D eigenvalue weighted by Gasteiger charge is 2.24. The molecule has 2 rings (SSSR count). The fourth-order valence-electron chi connectivity index (χ4n) is 1.92.